The first-order valence-electron chi connectivity index (χ1n) is 7.87. The van der Waals surface area contributed by atoms with E-state index in [0.717, 1.165) is 0 Å². The predicted molar refractivity (Wildman–Crippen MR) is 84.3 cm³/mol. The molecule has 8 heteroatoms. The zero-order valence-corrected chi connectivity index (χ0v) is 13.4. The molecule has 2 aliphatic rings. The van der Waals surface area contributed by atoms with Crippen molar-refractivity contribution in [1.29, 1.82) is 0 Å². The third kappa shape index (κ3) is 2.69. The minimum atomic E-state index is -1.01. The zero-order valence-electron chi connectivity index (χ0n) is 13.4. The molecule has 0 radical (unpaired) electrons. The summed E-state index contributed by atoms with van der Waals surface area (Å²) in [5, 5.41) is 10.4. The highest BCUT2D eigenvalue weighted by atomic mass is 16.6. The number of esters is 1. The van der Waals surface area contributed by atoms with Crippen molar-refractivity contribution in [3.8, 4) is 6.01 Å². The van der Waals surface area contributed by atoms with Crippen molar-refractivity contribution in [3.63, 3.8) is 0 Å². The van der Waals surface area contributed by atoms with E-state index in [1.165, 1.54) is 0 Å². The van der Waals surface area contributed by atoms with Gasteiger partial charge in [0.05, 0.1) is 5.56 Å². The topological polar surface area (TPSA) is 99.9 Å². The van der Waals surface area contributed by atoms with E-state index < -0.39 is 30.5 Å². The summed E-state index contributed by atoms with van der Waals surface area (Å²) in [6.45, 7) is 1.54. The molecule has 4 atom stereocenters. The summed E-state index contributed by atoms with van der Waals surface area (Å²) in [5.41, 5.74) is 0.494. The van der Waals surface area contributed by atoms with Crippen molar-refractivity contribution in [2.75, 3.05) is 6.61 Å². The van der Waals surface area contributed by atoms with Gasteiger partial charge in [0, 0.05) is 11.8 Å². The van der Waals surface area contributed by atoms with Gasteiger partial charge in [0.2, 0.25) is 0 Å². The number of nitrogens with zero attached hydrogens (tertiary/aromatic N) is 2. The van der Waals surface area contributed by atoms with Crippen LogP contribution in [-0.4, -0.2) is 45.5 Å². The molecule has 0 unspecified atom stereocenters. The van der Waals surface area contributed by atoms with Crippen LogP contribution in [0.15, 0.2) is 41.3 Å². The number of carbonyl (C=O) groups excluding carboxylic acids is 1. The molecule has 1 saturated heterocycles. The molecular weight excluding hydrogens is 328 g/mol. The van der Waals surface area contributed by atoms with Gasteiger partial charge in [0.15, 0.2) is 12.3 Å². The van der Waals surface area contributed by atoms with E-state index in [1.54, 1.807) is 48.0 Å². The van der Waals surface area contributed by atoms with Crippen molar-refractivity contribution in [3.05, 3.63) is 58.0 Å². The Bertz CT molecular complexity index is 865. The fraction of sp³-hybridized carbons (Fsp3) is 0.353. The lowest BCUT2D eigenvalue weighted by molar-refractivity contribution is -0.0512. The number of aromatic nitrogens is 2. The van der Waals surface area contributed by atoms with E-state index >= 15 is 0 Å². The number of benzene rings is 1. The number of aliphatic hydroxyl groups excluding tert-OH is 1. The number of ether oxygens (including phenoxy) is 3. The number of carbonyl (C=O) groups is 1. The molecule has 0 spiro atoms. The minimum Gasteiger partial charge on any atom is -0.459 e. The minimum absolute atomic E-state index is 0.104. The van der Waals surface area contributed by atoms with Crippen LogP contribution in [0, 0.1) is 6.92 Å². The van der Waals surface area contributed by atoms with Gasteiger partial charge in [-0.1, -0.05) is 18.2 Å². The number of hydrogen-bond acceptors (Lipinski definition) is 7. The Morgan fingerprint density at radius 3 is 2.88 bits per heavy atom. The Morgan fingerprint density at radius 1 is 1.36 bits per heavy atom. The smallest absolute Gasteiger partial charge is 0.338 e. The second-order valence-electron chi connectivity index (χ2n) is 6.02. The Hall–Kier alpha value is -2.71. The normalized spacial score (nSPS) is 26.6. The van der Waals surface area contributed by atoms with Crippen LogP contribution < -0.4 is 10.3 Å². The Balaban J connectivity index is 1.45. The third-order valence-corrected chi connectivity index (χ3v) is 4.30. The lowest BCUT2D eigenvalue weighted by atomic mass is 10.1. The molecule has 1 fully saturated rings. The van der Waals surface area contributed by atoms with E-state index in [-0.39, 0.29) is 18.2 Å². The molecule has 25 heavy (non-hydrogen) atoms. The maximum atomic E-state index is 12.0. The van der Waals surface area contributed by atoms with Gasteiger partial charge in [0.1, 0.15) is 18.8 Å². The first kappa shape index (κ1) is 15.8. The lowest BCUT2D eigenvalue weighted by Gasteiger charge is -2.17. The van der Waals surface area contributed by atoms with Crippen molar-refractivity contribution < 1.29 is 24.1 Å². The molecule has 2 aliphatic heterocycles. The molecule has 2 aromatic rings. The second kappa shape index (κ2) is 5.98. The average Bonchev–Trinajstić information content (AvgIpc) is 3.11. The molecular formula is C17H16N2O6. The molecule has 130 valence electrons. The second-order valence-corrected chi connectivity index (χ2v) is 6.02. The fourth-order valence-electron chi connectivity index (χ4n) is 2.97. The Morgan fingerprint density at radius 2 is 2.12 bits per heavy atom. The number of fused-ring (bicyclic) bond motifs is 3. The Kier molecular flexibility index (Phi) is 3.78. The van der Waals surface area contributed by atoms with E-state index in [9.17, 15) is 14.7 Å². The number of aliphatic hydroxyl groups is 1. The van der Waals surface area contributed by atoms with Crippen LogP contribution in [0.25, 0.3) is 0 Å². The van der Waals surface area contributed by atoms with E-state index in [0.29, 0.717) is 11.1 Å². The van der Waals surface area contributed by atoms with Gasteiger partial charge >= 0.3 is 12.0 Å². The monoisotopic (exact) mass is 344 g/mol. The fourth-order valence-corrected chi connectivity index (χ4v) is 2.97. The number of rotatable bonds is 3. The number of hydrogen-bond donors (Lipinski definition) is 1. The molecule has 0 saturated carbocycles. The molecule has 1 N–H and O–H groups in total. The molecule has 4 rings (SSSR count). The number of aryl methyl sites for hydroxylation is 1. The van der Waals surface area contributed by atoms with Crippen LogP contribution in [0.5, 0.6) is 6.01 Å². The van der Waals surface area contributed by atoms with Crippen molar-refractivity contribution in [2.45, 2.75) is 31.5 Å². The first-order valence-corrected chi connectivity index (χ1v) is 7.87. The SMILES string of the molecule is Cc1cn2c(nc1=O)O[C@@H]1[C@@H](O)[C@@H](COC(=O)c3ccccc3)O[C@H]12. The van der Waals surface area contributed by atoms with E-state index in [2.05, 4.69) is 4.98 Å². The van der Waals surface area contributed by atoms with Crippen LogP contribution in [0.2, 0.25) is 0 Å². The van der Waals surface area contributed by atoms with Gasteiger partial charge in [-0.3, -0.25) is 9.36 Å². The molecule has 3 heterocycles. The maximum Gasteiger partial charge on any atom is 0.338 e. The van der Waals surface area contributed by atoms with Crippen LogP contribution >= 0.6 is 0 Å². The molecule has 8 nitrogen and oxygen atoms in total. The average molecular weight is 344 g/mol. The van der Waals surface area contributed by atoms with Crippen molar-refractivity contribution in [2.24, 2.45) is 0 Å². The van der Waals surface area contributed by atoms with Gasteiger partial charge in [-0.2, -0.15) is 4.98 Å². The van der Waals surface area contributed by atoms with Crippen LogP contribution in [-0.2, 0) is 9.47 Å². The summed E-state index contributed by atoms with van der Waals surface area (Å²) < 4.78 is 18.1. The van der Waals surface area contributed by atoms with Crippen LogP contribution in [0.4, 0.5) is 0 Å². The Labute approximate surface area is 142 Å². The van der Waals surface area contributed by atoms with Gasteiger partial charge in [0.25, 0.3) is 5.56 Å². The van der Waals surface area contributed by atoms with Gasteiger partial charge < -0.3 is 19.3 Å². The first-order chi connectivity index (χ1) is 12.0. The van der Waals surface area contributed by atoms with Crippen LogP contribution in [0.3, 0.4) is 0 Å². The summed E-state index contributed by atoms with van der Waals surface area (Å²) in [4.78, 5) is 27.4. The predicted octanol–water partition coefficient (Wildman–Crippen LogP) is 0.428. The molecule has 1 aromatic heterocycles. The summed E-state index contributed by atoms with van der Waals surface area (Å²) in [7, 11) is 0. The zero-order chi connectivity index (χ0) is 17.6. The van der Waals surface area contributed by atoms with E-state index in [4.69, 9.17) is 14.2 Å². The molecule has 0 amide bonds. The molecule has 0 bridgehead atoms. The quantitative estimate of drug-likeness (QED) is 0.806. The van der Waals surface area contributed by atoms with Crippen molar-refractivity contribution in [1.82, 2.24) is 9.55 Å². The van der Waals surface area contributed by atoms with Gasteiger partial charge in [-0.15, -0.1) is 0 Å². The highest BCUT2D eigenvalue weighted by Crippen LogP contribution is 2.39. The van der Waals surface area contributed by atoms with E-state index in [1.807, 2.05) is 0 Å². The summed E-state index contributed by atoms with van der Waals surface area (Å²) in [6, 6.07) is 8.69. The highest BCUT2D eigenvalue weighted by Gasteiger charge is 2.51. The van der Waals surface area contributed by atoms with Gasteiger partial charge in [-0.25, -0.2) is 4.79 Å². The van der Waals surface area contributed by atoms with Crippen molar-refractivity contribution >= 4 is 5.97 Å². The van der Waals surface area contributed by atoms with Crippen LogP contribution in [0.1, 0.15) is 22.1 Å². The maximum absolute atomic E-state index is 12.0. The highest BCUT2D eigenvalue weighted by molar-refractivity contribution is 5.89. The summed E-state index contributed by atoms with van der Waals surface area (Å²) >= 11 is 0. The third-order valence-electron chi connectivity index (χ3n) is 4.30. The summed E-state index contributed by atoms with van der Waals surface area (Å²) in [5.74, 6) is -0.490. The molecule has 1 aromatic carbocycles. The standard InChI is InChI=1S/C17H16N2O6/c1-9-7-19-15-13(25-17(19)18-14(9)21)12(20)11(24-15)8-23-16(22)10-5-3-2-4-6-10/h2-7,11-13,15,20H,8H2,1H3/t11-,12+,13-,15-/m1/s1. The lowest BCUT2D eigenvalue weighted by Crippen LogP contribution is -2.36. The summed E-state index contributed by atoms with van der Waals surface area (Å²) in [6.07, 6.45) is -1.46. The largest absolute Gasteiger partial charge is 0.459 e. The van der Waals surface area contributed by atoms with Gasteiger partial charge in [-0.05, 0) is 19.1 Å². The molecule has 0 aliphatic carbocycles.